The Morgan fingerprint density at radius 2 is 1.76 bits per heavy atom. The molecule has 0 atom stereocenters. The van der Waals surface area contributed by atoms with Crippen LogP contribution in [0.5, 0.6) is 5.75 Å². The first-order chi connectivity index (χ1) is 10.4. The highest BCUT2D eigenvalue weighted by molar-refractivity contribution is 5.28. The summed E-state index contributed by atoms with van der Waals surface area (Å²) >= 11 is 0. The summed E-state index contributed by atoms with van der Waals surface area (Å²) in [7, 11) is 0. The Balaban J connectivity index is 1.71. The van der Waals surface area contributed by atoms with E-state index in [9.17, 15) is 0 Å². The van der Waals surface area contributed by atoms with Gasteiger partial charge in [-0.1, -0.05) is 55.8 Å². The van der Waals surface area contributed by atoms with Gasteiger partial charge in [0.2, 0.25) is 0 Å². The van der Waals surface area contributed by atoms with Crippen LogP contribution in [-0.4, -0.2) is 13.2 Å². The van der Waals surface area contributed by atoms with Gasteiger partial charge in [-0.05, 0) is 42.6 Å². The highest BCUT2D eigenvalue weighted by atomic mass is 16.5. The molecule has 0 aliphatic heterocycles. The third kappa shape index (κ3) is 6.01. The first-order valence-electron chi connectivity index (χ1n) is 7.85. The quantitative estimate of drug-likeness (QED) is 0.696. The Kier molecular flexibility index (Phi) is 6.82. The van der Waals surface area contributed by atoms with Crippen molar-refractivity contribution in [1.29, 1.82) is 0 Å². The lowest BCUT2D eigenvalue weighted by Gasteiger charge is -2.08. The largest absolute Gasteiger partial charge is 0.494 e. The van der Waals surface area contributed by atoms with Gasteiger partial charge >= 0.3 is 0 Å². The van der Waals surface area contributed by atoms with Gasteiger partial charge in [0.1, 0.15) is 5.75 Å². The maximum absolute atomic E-state index is 5.74. The number of unbranched alkanes of at least 4 members (excludes halogenated alkanes) is 1. The van der Waals surface area contributed by atoms with Crippen molar-refractivity contribution < 1.29 is 4.74 Å². The smallest absolute Gasteiger partial charge is 0.119 e. The topological polar surface area (TPSA) is 21.3 Å². The molecule has 21 heavy (non-hydrogen) atoms. The van der Waals surface area contributed by atoms with E-state index in [1.54, 1.807) is 0 Å². The molecule has 2 aromatic rings. The molecule has 0 aliphatic rings. The van der Waals surface area contributed by atoms with Crippen molar-refractivity contribution in [3.8, 4) is 5.75 Å². The molecule has 2 nitrogen and oxygen atoms in total. The second-order valence-corrected chi connectivity index (χ2v) is 5.26. The van der Waals surface area contributed by atoms with Gasteiger partial charge in [0.05, 0.1) is 6.61 Å². The number of rotatable bonds is 9. The normalized spacial score (nSPS) is 10.5. The summed E-state index contributed by atoms with van der Waals surface area (Å²) in [5.74, 6) is 0.990. The van der Waals surface area contributed by atoms with Gasteiger partial charge in [-0.2, -0.15) is 0 Å². The molecule has 0 fully saturated rings. The highest BCUT2D eigenvalue weighted by Gasteiger charge is 1.98. The van der Waals surface area contributed by atoms with Gasteiger partial charge in [-0.25, -0.2) is 0 Å². The molecule has 0 aliphatic carbocycles. The minimum absolute atomic E-state index is 0.812. The number of hydrogen-bond donors (Lipinski definition) is 1. The Bertz CT molecular complexity index is 510. The average molecular weight is 283 g/mol. The fourth-order valence-electron chi connectivity index (χ4n) is 2.19. The molecular weight excluding hydrogens is 258 g/mol. The lowest BCUT2D eigenvalue weighted by molar-refractivity contribution is 0.309. The van der Waals surface area contributed by atoms with Crippen LogP contribution in [0.15, 0.2) is 54.6 Å². The van der Waals surface area contributed by atoms with E-state index in [0.717, 1.165) is 38.3 Å². The molecule has 2 rings (SSSR count). The molecule has 0 amide bonds. The summed E-state index contributed by atoms with van der Waals surface area (Å²) in [5, 5.41) is 3.48. The zero-order valence-corrected chi connectivity index (χ0v) is 12.8. The first-order valence-corrected chi connectivity index (χ1v) is 7.85. The van der Waals surface area contributed by atoms with Crippen molar-refractivity contribution in [2.45, 2.75) is 32.7 Å². The van der Waals surface area contributed by atoms with Crippen LogP contribution in [0.25, 0.3) is 0 Å². The standard InChI is InChI=1S/C19H25NO/c1-2-3-14-21-19-11-7-10-17(15-19)12-13-20-16-18-8-5-4-6-9-18/h4-11,15,20H,2-3,12-14,16H2,1H3. The molecular formula is C19H25NO. The molecule has 2 aromatic carbocycles. The van der Waals surface area contributed by atoms with Crippen LogP contribution in [0.3, 0.4) is 0 Å². The zero-order valence-electron chi connectivity index (χ0n) is 12.8. The predicted molar refractivity (Wildman–Crippen MR) is 88.7 cm³/mol. The Hall–Kier alpha value is -1.80. The van der Waals surface area contributed by atoms with Crippen molar-refractivity contribution in [3.63, 3.8) is 0 Å². The maximum Gasteiger partial charge on any atom is 0.119 e. The first kappa shape index (κ1) is 15.6. The van der Waals surface area contributed by atoms with E-state index in [1.165, 1.54) is 17.5 Å². The summed E-state index contributed by atoms with van der Waals surface area (Å²) in [5.41, 5.74) is 2.65. The van der Waals surface area contributed by atoms with Gasteiger partial charge < -0.3 is 10.1 Å². The van der Waals surface area contributed by atoms with Gasteiger partial charge in [0.15, 0.2) is 0 Å². The van der Waals surface area contributed by atoms with Crippen molar-refractivity contribution in [2.24, 2.45) is 0 Å². The summed E-state index contributed by atoms with van der Waals surface area (Å²) in [6.07, 6.45) is 3.31. The van der Waals surface area contributed by atoms with Crippen molar-refractivity contribution in [3.05, 3.63) is 65.7 Å². The fourth-order valence-corrected chi connectivity index (χ4v) is 2.19. The van der Waals surface area contributed by atoms with Crippen LogP contribution < -0.4 is 10.1 Å². The lowest BCUT2D eigenvalue weighted by Crippen LogP contribution is -2.16. The SMILES string of the molecule is CCCCOc1cccc(CCNCc2ccccc2)c1. The third-order valence-corrected chi connectivity index (χ3v) is 3.43. The van der Waals surface area contributed by atoms with E-state index in [0.29, 0.717) is 0 Å². The van der Waals surface area contributed by atoms with Crippen molar-refractivity contribution >= 4 is 0 Å². The van der Waals surface area contributed by atoms with Crippen LogP contribution in [0.4, 0.5) is 0 Å². The monoisotopic (exact) mass is 283 g/mol. The predicted octanol–water partition coefficient (Wildman–Crippen LogP) is 4.20. The van der Waals surface area contributed by atoms with E-state index in [2.05, 4.69) is 54.7 Å². The molecule has 0 unspecified atom stereocenters. The van der Waals surface area contributed by atoms with Crippen LogP contribution >= 0.6 is 0 Å². The Morgan fingerprint density at radius 1 is 0.952 bits per heavy atom. The molecule has 0 saturated carbocycles. The number of benzene rings is 2. The summed E-state index contributed by atoms with van der Waals surface area (Å²) in [6, 6.07) is 18.9. The number of hydrogen-bond acceptors (Lipinski definition) is 2. The molecule has 0 heterocycles. The highest BCUT2D eigenvalue weighted by Crippen LogP contribution is 2.14. The van der Waals surface area contributed by atoms with Crippen molar-refractivity contribution in [2.75, 3.05) is 13.2 Å². The maximum atomic E-state index is 5.74. The minimum Gasteiger partial charge on any atom is -0.494 e. The number of nitrogens with one attached hydrogen (secondary N) is 1. The van der Waals surface area contributed by atoms with Crippen molar-refractivity contribution in [1.82, 2.24) is 5.32 Å². The van der Waals surface area contributed by atoms with Gasteiger partial charge in [-0.15, -0.1) is 0 Å². The van der Waals surface area contributed by atoms with E-state index in [-0.39, 0.29) is 0 Å². The average Bonchev–Trinajstić information content (AvgIpc) is 2.53. The summed E-state index contributed by atoms with van der Waals surface area (Å²) < 4.78 is 5.74. The molecule has 0 spiro atoms. The van der Waals surface area contributed by atoms with E-state index >= 15 is 0 Å². The van der Waals surface area contributed by atoms with E-state index in [4.69, 9.17) is 4.74 Å². The van der Waals surface area contributed by atoms with Gasteiger partial charge in [-0.3, -0.25) is 0 Å². The van der Waals surface area contributed by atoms with Gasteiger partial charge in [0, 0.05) is 6.54 Å². The molecule has 1 N–H and O–H groups in total. The second-order valence-electron chi connectivity index (χ2n) is 5.26. The Morgan fingerprint density at radius 3 is 2.57 bits per heavy atom. The van der Waals surface area contributed by atoms with Gasteiger partial charge in [0.25, 0.3) is 0 Å². The molecule has 0 aromatic heterocycles. The Labute approximate surface area is 128 Å². The number of ether oxygens (including phenoxy) is 1. The minimum atomic E-state index is 0.812. The fraction of sp³-hybridized carbons (Fsp3) is 0.368. The lowest BCUT2D eigenvalue weighted by atomic mass is 10.1. The molecule has 0 radical (unpaired) electrons. The summed E-state index contributed by atoms with van der Waals surface area (Å²) in [4.78, 5) is 0. The van der Waals surface area contributed by atoms with Crippen LogP contribution in [0.2, 0.25) is 0 Å². The molecule has 0 saturated heterocycles. The third-order valence-electron chi connectivity index (χ3n) is 3.43. The van der Waals surface area contributed by atoms with E-state index in [1.807, 2.05) is 12.1 Å². The summed E-state index contributed by atoms with van der Waals surface area (Å²) in [6.45, 7) is 4.89. The van der Waals surface area contributed by atoms with Crippen LogP contribution in [0, 0.1) is 0 Å². The van der Waals surface area contributed by atoms with E-state index < -0.39 is 0 Å². The molecule has 0 bridgehead atoms. The second kappa shape index (κ2) is 9.19. The van der Waals surface area contributed by atoms with Crippen LogP contribution in [0.1, 0.15) is 30.9 Å². The molecule has 2 heteroatoms. The molecule has 112 valence electrons. The van der Waals surface area contributed by atoms with Crippen LogP contribution in [-0.2, 0) is 13.0 Å². The zero-order chi connectivity index (χ0) is 14.8.